The van der Waals surface area contributed by atoms with Crippen molar-refractivity contribution >= 4 is 41.3 Å². The van der Waals surface area contributed by atoms with E-state index in [9.17, 15) is 0 Å². The van der Waals surface area contributed by atoms with E-state index in [4.69, 9.17) is 5.73 Å². The van der Waals surface area contributed by atoms with E-state index in [1.54, 1.807) is 0 Å². The van der Waals surface area contributed by atoms with Gasteiger partial charge in [0, 0.05) is 32.0 Å². The van der Waals surface area contributed by atoms with Crippen LogP contribution < -0.4 is 16.0 Å². The van der Waals surface area contributed by atoms with Crippen molar-refractivity contribution in [3.05, 3.63) is 59.7 Å². The second kappa shape index (κ2) is 10.3. The van der Waals surface area contributed by atoms with E-state index in [1.165, 1.54) is 16.8 Å². The van der Waals surface area contributed by atoms with Gasteiger partial charge < -0.3 is 16.0 Å². The fourth-order valence-corrected chi connectivity index (χ4v) is 2.43. The standard InChI is InChI=1S/C20H28N4.HI/c1-15(2)17-6-5-7-18(14-17)23-20(21)22-13-12-16-8-10-19(11-9-16)24(3)4;/h5-11,14-15H,12-13H2,1-4H3,(H3,21,22,23);1H. The molecule has 0 aliphatic carbocycles. The summed E-state index contributed by atoms with van der Waals surface area (Å²) in [4.78, 5) is 6.51. The lowest BCUT2D eigenvalue weighted by atomic mass is 10.0. The van der Waals surface area contributed by atoms with Gasteiger partial charge in [-0.1, -0.05) is 38.1 Å². The molecular weight excluding hydrogens is 423 g/mol. The summed E-state index contributed by atoms with van der Waals surface area (Å²) >= 11 is 0. The quantitative estimate of drug-likeness (QED) is 0.387. The lowest BCUT2D eigenvalue weighted by molar-refractivity contribution is 0.867. The molecule has 5 heteroatoms. The topological polar surface area (TPSA) is 53.6 Å². The minimum Gasteiger partial charge on any atom is -0.378 e. The first-order valence-corrected chi connectivity index (χ1v) is 8.39. The summed E-state index contributed by atoms with van der Waals surface area (Å²) in [5.41, 5.74) is 10.7. The first-order valence-electron chi connectivity index (χ1n) is 8.39. The van der Waals surface area contributed by atoms with E-state index in [0.717, 1.165) is 12.1 Å². The minimum absolute atomic E-state index is 0. The van der Waals surface area contributed by atoms with Crippen LogP contribution in [0.15, 0.2) is 53.5 Å². The van der Waals surface area contributed by atoms with Crippen molar-refractivity contribution in [3.8, 4) is 0 Å². The van der Waals surface area contributed by atoms with Crippen LogP contribution in [-0.2, 0) is 6.42 Å². The van der Waals surface area contributed by atoms with Crippen molar-refractivity contribution in [3.63, 3.8) is 0 Å². The van der Waals surface area contributed by atoms with Crippen molar-refractivity contribution in [2.75, 3.05) is 30.9 Å². The monoisotopic (exact) mass is 452 g/mol. The van der Waals surface area contributed by atoms with Crippen molar-refractivity contribution in [2.24, 2.45) is 10.7 Å². The van der Waals surface area contributed by atoms with Crippen LogP contribution in [0.25, 0.3) is 0 Å². The highest BCUT2D eigenvalue weighted by Gasteiger charge is 2.01. The van der Waals surface area contributed by atoms with Gasteiger partial charge in [-0.05, 0) is 47.7 Å². The maximum atomic E-state index is 5.99. The smallest absolute Gasteiger partial charge is 0.193 e. The highest BCUT2D eigenvalue weighted by Crippen LogP contribution is 2.18. The van der Waals surface area contributed by atoms with Gasteiger partial charge in [0.05, 0.1) is 0 Å². The largest absolute Gasteiger partial charge is 0.378 e. The second-order valence-electron chi connectivity index (χ2n) is 6.48. The van der Waals surface area contributed by atoms with Gasteiger partial charge >= 0.3 is 0 Å². The van der Waals surface area contributed by atoms with Crippen LogP contribution in [0.3, 0.4) is 0 Å². The first kappa shape index (κ1) is 21.3. The number of hydrogen-bond acceptors (Lipinski definition) is 2. The van der Waals surface area contributed by atoms with Crippen LogP contribution in [0, 0.1) is 0 Å². The molecule has 136 valence electrons. The molecule has 0 aliphatic heterocycles. The Hall–Kier alpha value is -1.76. The van der Waals surface area contributed by atoms with Crippen LogP contribution >= 0.6 is 24.0 Å². The summed E-state index contributed by atoms with van der Waals surface area (Å²) in [5.74, 6) is 0.955. The third-order valence-electron chi connectivity index (χ3n) is 3.96. The normalized spacial score (nSPS) is 11.2. The number of nitrogens with two attached hydrogens (primary N) is 1. The van der Waals surface area contributed by atoms with Crippen LogP contribution in [0.5, 0.6) is 0 Å². The Morgan fingerprint density at radius 1 is 1.12 bits per heavy atom. The predicted octanol–water partition coefficient (Wildman–Crippen LogP) is 4.46. The molecule has 3 N–H and O–H groups in total. The van der Waals surface area contributed by atoms with Crippen LogP contribution in [0.4, 0.5) is 11.4 Å². The molecule has 0 bridgehead atoms. The van der Waals surface area contributed by atoms with Gasteiger partial charge in [-0.3, -0.25) is 4.99 Å². The molecule has 2 aromatic carbocycles. The molecule has 0 amide bonds. The Morgan fingerprint density at radius 3 is 2.40 bits per heavy atom. The zero-order valence-electron chi connectivity index (χ0n) is 15.5. The number of nitrogens with zero attached hydrogens (tertiary/aromatic N) is 2. The Kier molecular flexibility index (Phi) is 8.75. The zero-order valence-corrected chi connectivity index (χ0v) is 17.8. The Balaban J connectivity index is 0.00000312. The summed E-state index contributed by atoms with van der Waals surface area (Å²) in [6.45, 7) is 5.03. The Morgan fingerprint density at radius 2 is 1.80 bits per heavy atom. The van der Waals surface area contributed by atoms with Gasteiger partial charge in [-0.15, -0.1) is 24.0 Å². The average molecular weight is 452 g/mol. The van der Waals surface area contributed by atoms with E-state index in [-0.39, 0.29) is 24.0 Å². The third-order valence-corrected chi connectivity index (χ3v) is 3.96. The van der Waals surface area contributed by atoms with Gasteiger partial charge in [0.15, 0.2) is 5.96 Å². The number of aliphatic imine (C=N–C) groups is 1. The minimum atomic E-state index is 0. The molecule has 0 unspecified atom stereocenters. The first-order chi connectivity index (χ1) is 11.5. The molecular formula is C20H29IN4. The number of benzene rings is 2. The summed E-state index contributed by atoms with van der Waals surface area (Å²) in [6.07, 6.45) is 0.877. The molecule has 0 aliphatic rings. The number of anilines is 2. The molecule has 0 saturated carbocycles. The van der Waals surface area contributed by atoms with Gasteiger partial charge in [0.1, 0.15) is 0 Å². The number of guanidine groups is 1. The predicted molar refractivity (Wildman–Crippen MR) is 121 cm³/mol. The van der Waals surface area contributed by atoms with Crippen LogP contribution in [0.1, 0.15) is 30.9 Å². The average Bonchev–Trinajstić information content (AvgIpc) is 2.55. The molecule has 0 aromatic heterocycles. The van der Waals surface area contributed by atoms with E-state index in [2.05, 4.69) is 65.5 Å². The fraction of sp³-hybridized carbons (Fsp3) is 0.350. The van der Waals surface area contributed by atoms with E-state index < -0.39 is 0 Å². The third kappa shape index (κ3) is 6.94. The van der Waals surface area contributed by atoms with E-state index in [1.807, 2.05) is 26.2 Å². The molecule has 4 nitrogen and oxygen atoms in total. The van der Waals surface area contributed by atoms with Crippen molar-refractivity contribution in [2.45, 2.75) is 26.2 Å². The number of halogens is 1. The van der Waals surface area contributed by atoms with Crippen molar-refractivity contribution < 1.29 is 0 Å². The maximum Gasteiger partial charge on any atom is 0.193 e. The molecule has 2 aromatic rings. The molecule has 0 atom stereocenters. The van der Waals surface area contributed by atoms with E-state index >= 15 is 0 Å². The van der Waals surface area contributed by atoms with Crippen molar-refractivity contribution in [1.82, 2.24) is 0 Å². The van der Waals surface area contributed by atoms with Gasteiger partial charge in [-0.25, -0.2) is 0 Å². The highest BCUT2D eigenvalue weighted by molar-refractivity contribution is 14.0. The lowest BCUT2D eigenvalue weighted by Crippen LogP contribution is -2.23. The molecule has 0 heterocycles. The Labute approximate surface area is 168 Å². The van der Waals surface area contributed by atoms with Crippen LogP contribution in [-0.4, -0.2) is 26.6 Å². The van der Waals surface area contributed by atoms with E-state index in [0.29, 0.717) is 18.4 Å². The number of hydrogen-bond donors (Lipinski definition) is 2. The molecule has 0 fully saturated rings. The van der Waals surface area contributed by atoms with Crippen molar-refractivity contribution in [1.29, 1.82) is 0 Å². The highest BCUT2D eigenvalue weighted by atomic mass is 127. The maximum absolute atomic E-state index is 5.99. The summed E-state index contributed by atoms with van der Waals surface area (Å²) in [5, 5.41) is 3.17. The zero-order chi connectivity index (χ0) is 17.5. The van der Waals surface area contributed by atoms with Crippen LogP contribution in [0.2, 0.25) is 0 Å². The fourth-order valence-electron chi connectivity index (χ4n) is 2.43. The summed E-state index contributed by atoms with van der Waals surface area (Å²) in [6, 6.07) is 16.8. The molecule has 0 saturated heterocycles. The number of nitrogens with one attached hydrogen (secondary N) is 1. The molecule has 25 heavy (non-hydrogen) atoms. The summed E-state index contributed by atoms with van der Waals surface area (Å²) in [7, 11) is 4.08. The van der Waals surface area contributed by atoms with Gasteiger partial charge in [-0.2, -0.15) is 0 Å². The van der Waals surface area contributed by atoms with Gasteiger partial charge in [0.25, 0.3) is 0 Å². The SMILES string of the molecule is CC(C)c1cccc(NC(N)=NCCc2ccc(N(C)C)cc2)c1.I. The molecule has 0 radical (unpaired) electrons. The Bertz CT molecular complexity index is 678. The number of rotatable bonds is 6. The lowest BCUT2D eigenvalue weighted by Gasteiger charge is -2.12. The molecule has 0 spiro atoms. The summed E-state index contributed by atoms with van der Waals surface area (Å²) < 4.78 is 0. The van der Waals surface area contributed by atoms with Gasteiger partial charge in [0.2, 0.25) is 0 Å². The molecule has 2 rings (SSSR count). The second-order valence-corrected chi connectivity index (χ2v) is 6.48.